The van der Waals surface area contributed by atoms with Crippen molar-refractivity contribution in [2.24, 2.45) is 0 Å². The highest BCUT2D eigenvalue weighted by molar-refractivity contribution is 7.16. The zero-order chi connectivity index (χ0) is 4.83. The second-order valence-corrected chi connectivity index (χ2v) is 1.59. The van der Waals surface area contributed by atoms with E-state index < -0.39 is 0 Å². The average Bonchev–Trinajstić information content (AvgIpc) is 1.61. The van der Waals surface area contributed by atoms with Crippen LogP contribution in [0.4, 0.5) is 0 Å². The van der Waals surface area contributed by atoms with Crippen molar-refractivity contribution >= 4 is 9.24 Å². The van der Waals surface area contributed by atoms with Crippen molar-refractivity contribution in [3.63, 3.8) is 0 Å². The van der Waals surface area contributed by atoms with Crippen molar-refractivity contribution in [1.29, 1.82) is 0 Å². The molecule has 36 valence electrons. The summed E-state index contributed by atoms with van der Waals surface area (Å²) < 4.78 is 0. The highest BCUT2D eigenvalue weighted by atomic mass is 31.0. The number of hydrogen-bond donors (Lipinski definition) is 0. The lowest BCUT2D eigenvalue weighted by atomic mass is 10.4. The Labute approximate surface area is 41.8 Å². The standard InChI is InChI=1S/C5H11P/c1-2-3-4-5-6/h3-4H,2,5-6H2,1H3. The molecule has 0 aromatic heterocycles. The number of hydrogen-bond acceptors (Lipinski definition) is 0. The van der Waals surface area contributed by atoms with Crippen LogP contribution in [0, 0.1) is 0 Å². The van der Waals surface area contributed by atoms with Crippen LogP contribution in [0.25, 0.3) is 0 Å². The van der Waals surface area contributed by atoms with E-state index in [1.807, 2.05) is 0 Å². The molecule has 0 N–H and O–H groups in total. The van der Waals surface area contributed by atoms with Gasteiger partial charge in [0.25, 0.3) is 0 Å². The van der Waals surface area contributed by atoms with Gasteiger partial charge >= 0.3 is 0 Å². The summed E-state index contributed by atoms with van der Waals surface area (Å²) in [6.45, 7) is 2.14. The van der Waals surface area contributed by atoms with E-state index in [-0.39, 0.29) is 0 Å². The highest BCUT2D eigenvalue weighted by Gasteiger charge is 1.60. The fourth-order valence-electron chi connectivity index (χ4n) is 0.263. The lowest BCUT2D eigenvalue weighted by Crippen LogP contribution is -1.55. The maximum Gasteiger partial charge on any atom is -0.0200 e. The Morgan fingerprint density at radius 1 is 1.50 bits per heavy atom. The van der Waals surface area contributed by atoms with Crippen LogP contribution in [-0.4, -0.2) is 6.16 Å². The molecule has 0 aromatic carbocycles. The molecule has 0 nitrogen and oxygen atoms in total. The third-order valence-electron chi connectivity index (χ3n) is 0.538. The summed E-state index contributed by atoms with van der Waals surface area (Å²) in [5.74, 6) is 0. The van der Waals surface area contributed by atoms with Crippen LogP contribution < -0.4 is 0 Å². The predicted molar refractivity (Wildman–Crippen MR) is 34.0 cm³/mol. The van der Waals surface area contributed by atoms with E-state index in [1.54, 1.807) is 0 Å². The molecule has 0 aliphatic heterocycles. The third kappa shape index (κ3) is 4.17. The molecule has 0 aromatic rings. The SMILES string of the molecule is CCC=CCP. The number of allylic oxidation sites excluding steroid dienone is 2. The zero-order valence-corrected chi connectivity index (χ0v) is 5.30. The molecule has 1 atom stereocenters. The van der Waals surface area contributed by atoms with Crippen LogP contribution in [0.2, 0.25) is 0 Å². The fourth-order valence-corrected chi connectivity index (χ4v) is 0.455. The fraction of sp³-hybridized carbons (Fsp3) is 0.600. The van der Waals surface area contributed by atoms with Crippen molar-refractivity contribution in [3.05, 3.63) is 12.2 Å². The summed E-state index contributed by atoms with van der Waals surface area (Å²) in [4.78, 5) is 0. The van der Waals surface area contributed by atoms with E-state index in [1.165, 1.54) is 0 Å². The zero-order valence-electron chi connectivity index (χ0n) is 4.15. The van der Waals surface area contributed by atoms with Gasteiger partial charge in [-0.05, 0) is 12.6 Å². The van der Waals surface area contributed by atoms with Crippen LogP contribution in [0.15, 0.2) is 12.2 Å². The second-order valence-electron chi connectivity index (χ2n) is 1.12. The quantitative estimate of drug-likeness (QED) is 0.368. The van der Waals surface area contributed by atoms with Crippen LogP contribution in [0.1, 0.15) is 13.3 Å². The molecular formula is C5H11P. The first-order chi connectivity index (χ1) is 2.91. The van der Waals surface area contributed by atoms with Crippen molar-refractivity contribution in [1.82, 2.24) is 0 Å². The van der Waals surface area contributed by atoms with Gasteiger partial charge < -0.3 is 0 Å². The van der Waals surface area contributed by atoms with E-state index in [0.717, 1.165) is 12.6 Å². The molecule has 6 heavy (non-hydrogen) atoms. The van der Waals surface area contributed by atoms with E-state index in [9.17, 15) is 0 Å². The molecule has 0 amide bonds. The Morgan fingerprint density at radius 3 is 2.33 bits per heavy atom. The van der Waals surface area contributed by atoms with Crippen LogP contribution in [0.3, 0.4) is 0 Å². The maximum atomic E-state index is 2.64. The molecule has 0 fully saturated rings. The minimum Gasteiger partial charge on any atom is -0.134 e. The Hall–Kier alpha value is 0.170. The van der Waals surface area contributed by atoms with Gasteiger partial charge in [0, 0.05) is 0 Å². The summed E-state index contributed by atoms with van der Waals surface area (Å²) in [6.07, 6.45) is 6.56. The lowest BCUT2D eigenvalue weighted by Gasteiger charge is -1.72. The summed E-state index contributed by atoms with van der Waals surface area (Å²) >= 11 is 0. The van der Waals surface area contributed by atoms with Crippen molar-refractivity contribution < 1.29 is 0 Å². The van der Waals surface area contributed by atoms with Crippen LogP contribution in [-0.2, 0) is 0 Å². The number of rotatable bonds is 2. The van der Waals surface area contributed by atoms with Gasteiger partial charge in [0.05, 0.1) is 0 Å². The minimum absolute atomic E-state index is 1.09. The monoisotopic (exact) mass is 102 g/mol. The Morgan fingerprint density at radius 2 is 2.17 bits per heavy atom. The summed E-state index contributed by atoms with van der Waals surface area (Å²) in [7, 11) is 2.64. The molecule has 0 saturated heterocycles. The van der Waals surface area contributed by atoms with Crippen molar-refractivity contribution in [3.8, 4) is 0 Å². The summed E-state index contributed by atoms with van der Waals surface area (Å²) in [6, 6.07) is 0. The lowest BCUT2D eigenvalue weighted by molar-refractivity contribution is 1.22. The Kier molecular flexibility index (Phi) is 5.32. The summed E-state index contributed by atoms with van der Waals surface area (Å²) in [5, 5.41) is 0. The van der Waals surface area contributed by atoms with E-state index >= 15 is 0 Å². The van der Waals surface area contributed by atoms with Crippen LogP contribution >= 0.6 is 9.24 Å². The first kappa shape index (κ1) is 6.17. The summed E-state index contributed by atoms with van der Waals surface area (Å²) in [5.41, 5.74) is 0. The molecule has 1 heteroatoms. The van der Waals surface area contributed by atoms with E-state index in [4.69, 9.17) is 0 Å². The van der Waals surface area contributed by atoms with Gasteiger partial charge in [0.15, 0.2) is 0 Å². The van der Waals surface area contributed by atoms with Crippen LogP contribution in [0.5, 0.6) is 0 Å². The van der Waals surface area contributed by atoms with Gasteiger partial charge in [0.1, 0.15) is 0 Å². The smallest absolute Gasteiger partial charge is 0.0200 e. The van der Waals surface area contributed by atoms with Gasteiger partial charge in [-0.1, -0.05) is 19.1 Å². The Bertz CT molecular complexity index is 33.2. The van der Waals surface area contributed by atoms with Gasteiger partial charge in [0.2, 0.25) is 0 Å². The van der Waals surface area contributed by atoms with Crippen molar-refractivity contribution in [2.45, 2.75) is 13.3 Å². The molecule has 1 unspecified atom stereocenters. The Balaban J connectivity index is 2.73. The average molecular weight is 102 g/mol. The highest BCUT2D eigenvalue weighted by Crippen LogP contribution is 1.83. The molecular weight excluding hydrogens is 91.0 g/mol. The van der Waals surface area contributed by atoms with Gasteiger partial charge in [-0.3, -0.25) is 0 Å². The van der Waals surface area contributed by atoms with Gasteiger partial charge in [-0.25, -0.2) is 0 Å². The molecule has 0 spiro atoms. The molecule has 0 radical (unpaired) electrons. The predicted octanol–water partition coefficient (Wildman–Crippen LogP) is 1.83. The topological polar surface area (TPSA) is 0 Å². The first-order valence-corrected chi connectivity index (χ1v) is 3.08. The third-order valence-corrected chi connectivity index (χ3v) is 0.811. The molecule has 0 saturated carbocycles. The van der Waals surface area contributed by atoms with E-state index in [0.29, 0.717) is 0 Å². The minimum atomic E-state index is 1.09. The molecule has 0 heterocycles. The first-order valence-electron chi connectivity index (χ1n) is 2.27. The molecule has 0 aliphatic carbocycles. The molecule has 0 aliphatic rings. The van der Waals surface area contributed by atoms with Crippen molar-refractivity contribution in [2.75, 3.05) is 6.16 Å². The molecule has 0 rings (SSSR count). The second kappa shape index (κ2) is 5.17. The van der Waals surface area contributed by atoms with E-state index in [2.05, 4.69) is 28.3 Å². The van der Waals surface area contributed by atoms with Gasteiger partial charge in [-0.15, -0.1) is 9.24 Å². The maximum absolute atomic E-state index is 2.64. The normalized spacial score (nSPS) is 10.3. The van der Waals surface area contributed by atoms with Gasteiger partial charge in [-0.2, -0.15) is 0 Å². The largest absolute Gasteiger partial charge is 0.134 e. The molecule has 0 bridgehead atoms.